The number of fused-ring (bicyclic) bond motifs is 1. The number of nitrogens with zero attached hydrogens (tertiary/aromatic N) is 3. The summed E-state index contributed by atoms with van der Waals surface area (Å²) in [4.78, 5) is 9.31. The van der Waals surface area contributed by atoms with Crippen LogP contribution in [0.4, 0.5) is 0 Å². The first-order valence-corrected chi connectivity index (χ1v) is 10.5. The van der Waals surface area contributed by atoms with Crippen LogP contribution in [-0.4, -0.2) is 14.5 Å². The highest BCUT2D eigenvalue weighted by Crippen LogP contribution is 2.35. The smallest absolute Gasteiger partial charge is 0.225 e. The Morgan fingerprint density at radius 1 is 0.688 bits per heavy atom. The van der Waals surface area contributed by atoms with Crippen LogP contribution in [0.25, 0.3) is 22.2 Å². The van der Waals surface area contributed by atoms with Gasteiger partial charge in [-0.25, -0.2) is 4.98 Å². The Kier molecular flexibility index (Phi) is 5.54. The normalized spacial score (nSPS) is 10.9. The minimum absolute atomic E-state index is 0.418. The number of hydrogen-bond donors (Lipinski definition) is 0. The van der Waals surface area contributed by atoms with E-state index in [1.807, 2.05) is 103 Å². The van der Waals surface area contributed by atoms with E-state index in [4.69, 9.17) is 14.5 Å². The average Bonchev–Trinajstić information content (AvgIpc) is 3.24. The van der Waals surface area contributed by atoms with Crippen LogP contribution in [0, 0.1) is 0 Å². The van der Waals surface area contributed by atoms with E-state index in [0.717, 1.165) is 33.3 Å². The van der Waals surface area contributed by atoms with Gasteiger partial charge >= 0.3 is 0 Å². The monoisotopic (exact) mass is 421 g/mol. The molecule has 0 N–H and O–H groups in total. The molecule has 3 aromatic carbocycles. The van der Waals surface area contributed by atoms with Gasteiger partial charge in [0.1, 0.15) is 13.2 Å². The zero-order chi connectivity index (χ0) is 21.8. The maximum atomic E-state index is 6.20. The van der Waals surface area contributed by atoms with Crippen molar-refractivity contribution >= 4 is 11.0 Å². The molecule has 0 bridgehead atoms. The third kappa shape index (κ3) is 4.18. The van der Waals surface area contributed by atoms with Crippen LogP contribution in [0.15, 0.2) is 97.3 Å². The van der Waals surface area contributed by atoms with Gasteiger partial charge in [-0.15, -0.1) is 0 Å². The largest absolute Gasteiger partial charge is 0.473 e. The van der Waals surface area contributed by atoms with Crippen molar-refractivity contribution in [2.45, 2.75) is 13.2 Å². The fraction of sp³-hybridized carbons (Fsp3) is 0.111. The first kappa shape index (κ1) is 19.8. The van der Waals surface area contributed by atoms with Crippen LogP contribution in [0.1, 0.15) is 11.1 Å². The lowest BCUT2D eigenvalue weighted by atomic mass is 10.1. The van der Waals surface area contributed by atoms with Crippen molar-refractivity contribution in [2.75, 3.05) is 0 Å². The lowest BCUT2D eigenvalue weighted by Gasteiger charge is -2.14. The molecule has 5 aromatic rings. The summed E-state index contributed by atoms with van der Waals surface area (Å²) in [7, 11) is 1.99. The van der Waals surface area contributed by atoms with Crippen molar-refractivity contribution in [3.8, 4) is 22.9 Å². The van der Waals surface area contributed by atoms with Gasteiger partial charge in [0, 0.05) is 24.2 Å². The number of pyridine rings is 1. The number of benzene rings is 3. The van der Waals surface area contributed by atoms with Gasteiger partial charge in [-0.05, 0) is 23.3 Å². The van der Waals surface area contributed by atoms with Gasteiger partial charge in [0.25, 0.3) is 0 Å². The summed E-state index contributed by atoms with van der Waals surface area (Å²) in [5.41, 5.74) is 6.00. The topological polar surface area (TPSA) is 49.2 Å². The molecular formula is C27H23N3O2. The molecule has 5 heteroatoms. The molecule has 0 radical (unpaired) electrons. The van der Waals surface area contributed by atoms with Crippen LogP contribution >= 0.6 is 0 Å². The van der Waals surface area contributed by atoms with Gasteiger partial charge in [-0.1, -0.05) is 72.8 Å². The van der Waals surface area contributed by atoms with E-state index in [2.05, 4.69) is 11.1 Å². The quantitative estimate of drug-likeness (QED) is 0.334. The third-order valence-electron chi connectivity index (χ3n) is 5.33. The molecule has 0 saturated carbocycles. The maximum Gasteiger partial charge on any atom is 0.225 e. The molecule has 0 aliphatic heterocycles. The van der Waals surface area contributed by atoms with Gasteiger partial charge < -0.3 is 14.0 Å². The molecule has 2 aromatic heterocycles. The lowest BCUT2D eigenvalue weighted by molar-refractivity contribution is 0.268. The van der Waals surface area contributed by atoms with Gasteiger partial charge in [0.15, 0.2) is 0 Å². The van der Waals surface area contributed by atoms with Gasteiger partial charge in [-0.2, -0.15) is 4.98 Å². The second-order valence-electron chi connectivity index (χ2n) is 7.58. The first-order chi connectivity index (χ1) is 15.8. The van der Waals surface area contributed by atoms with E-state index in [9.17, 15) is 0 Å². The van der Waals surface area contributed by atoms with Crippen molar-refractivity contribution in [3.05, 3.63) is 108 Å². The van der Waals surface area contributed by atoms with E-state index in [1.165, 1.54) is 0 Å². The number of rotatable bonds is 7. The third-order valence-corrected chi connectivity index (χ3v) is 5.33. The highest BCUT2D eigenvalue weighted by Gasteiger charge is 2.15. The molecule has 0 spiro atoms. The molecule has 0 aliphatic carbocycles. The van der Waals surface area contributed by atoms with Crippen molar-refractivity contribution < 1.29 is 9.47 Å². The Morgan fingerprint density at radius 2 is 1.38 bits per heavy atom. The van der Waals surface area contributed by atoms with E-state index in [-0.39, 0.29) is 0 Å². The minimum Gasteiger partial charge on any atom is -0.473 e. The maximum absolute atomic E-state index is 6.20. The Hall–Kier alpha value is -4.12. The Bertz CT molecular complexity index is 1330. The molecule has 0 fully saturated rings. The van der Waals surface area contributed by atoms with E-state index in [1.54, 1.807) is 0 Å². The molecule has 2 heterocycles. The number of hydrogen-bond acceptors (Lipinski definition) is 4. The summed E-state index contributed by atoms with van der Waals surface area (Å²) in [5, 5.41) is 0. The van der Waals surface area contributed by atoms with E-state index < -0.39 is 0 Å². The predicted molar refractivity (Wildman–Crippen MR) is 125 cm³/mol. The number of para-hydroxylation sites is 1. The molecule has 0 amide bonds. The summed E-state index contributed by atoms with van der Waals surface area (Å²) in [5.74, 6) is 1.05. The van der Waals surface area contributed by atoms with Crippen molar-refractivity contribution in [1.82, 2.24) is 14.5 Å². The molecule has 32 heavy (non-hydrogen) atoms. The van der Waals surface area contributed by atoms with E-state index in [0.29, 0.717) is 25.0 Å². The number of aromatic nitrogens is 3. The fourth-order valence-electron chi connectivity index (χ4n) is 3.65. The molecular weight excluding hydrogens is 398 g/mol. The van der Waals surface area contributed by atoms with Crippen LogP contribution in [0.5, 0.6) is 11.8 Å². The molecule has 0 unspecified atom stereocenters. The molecule has 5 rings (SSSR count). The van der Waals surface area contributed by atoms with Crippen LogP contribution in [-0.2, 0) is 20.3 Å². The van der Waals surface area contributed by atoms with Crippen molar-refractivity contribution in [1.29, 1.82) is 0 Å². The van der Waals surface area contributed by atoms with Crippen molar-refractivity contribution in [3.63, 3.8) is 0 Å². The summed E-state index contributed by atoms with van der Waals surface area (Å²) in [6.07, 6.45) is 1.82. The lowest BCUT2D eigenvalue weighted by Crippen LogP contribution is -2.02. The highest BCUT2D eigenvalue weighted by molar-refractivity contribution is 5.93. The Morgan fingerprint density at radius 3 is 2.09 bits per heavy atom. The Labute approximate surface area is 186 Å². The van der Waals surface area contributed by atoms with Gasteiger partial charge in [-0.3, -0.25) is 0 Å². The molecule has 158 valence electrons. The zero-order valence-electron chi connectivity index (χ0n) is 17.8. The van der Waals surface area contributed by atoms with E-state index >= 15 is 0 Å². The van der Waals surface area contributed by atoms with Gasteiger partial charge in [0.2, 0.25) is 11.8 Å². The standard InChI is InChI=1S/C27H23N3O2/c1-30-19-28-26-22(13-8-14-24(26)30)23-15-16-25(31-17-20-9-4-2-5-10-20)29-27(23)32-18-21-11-6-3-7-12-21/h2-16,19H,17-18H2,1H3. The number of imidazole rings is 1. The van der Waals surface area contributed by atoms with Crippen LogP contribution < -0.4 is 9.47 Å². The highest BCUT2D eigenvalue weighted by atomic mass is 16.5. The Balaban J connectivity index is 1.49. The molecule has 0 atom stereocenters. The van der Waals surface area contributed by atoms with Crippen LogP contribution in [0.3, 0.4) is 0 Å². The number of ether oxygens (including phenoxy) is 2. The molecule has 0 aliphatic rings. The fourth-order valence-corrected chi connectivity index (χ4v) is 3.65. The first-order valence-electron chi connectivity index (χ1n) is 10.5. The summed E-state index contributed by atoms with van der Waals surface area (Å²) >= 11 is 0. The zero-order valence-corrected chi connectivity index (χ0v) is 17.8. The summed E-state index contributed by atoms with van der Waals surface area (Å²) in [6, 6.07) is 30.1. The number of aryl methyl sites for hydroxylation is 1. The predicted octanol–water partition coefficient (Wildman–Crippen LogP) is 5.79. The second-order valence-corrected chi connectivity index (χ2v) is 7.58. The molecule has 0 saturated heterocycles. The second kappa shape index (κ2) is 8.94. The molecule has 5 nitrogen and oxygen atoms in total. The minimum atomic E-state index is 0.418. The van der Waals surface area contributed by atoms with Crippen molar-refractivity contribution in [2.24, 2.45) is 7.05 Å². The van der Waals surface area contributed by atoms with Gasteiger partial charge in [0.05, 0.1) is 17.4 Å². The summed E-state index contributed by atoms with van der Waals surface area (Å²) in [6.45, 7) is 0.863. The van der Waals surface area contributed by atoms with Crippen LogP contribution in [0.2, 0.25) is 0 Å². The summed E-state index contributed by atoms with van der Waals surface area (Å²) < 4.78 is 14.2. The SMILES string of the molecule is Cn1cnc2c(-c3ccc(OCc4ccccc4)nc3OCc3ccccc3)cccc21. The average molecular weight is 422 g/mol.